The first-order valence-corrected chi connectivity index (χ1v) is 44.1. The molecule has 0 aromatic heterocycles. The summed E-state index contributed by atoms with van der Waals surface area (Å²) in [4.78, 5) is 7.50. The topological polar surface area (TPSA) is 44.8 Å². The van der Waals surface area contributed by atoms with E-state index in [1.807, 2.05) is 0 Å². The maximum absolute atomic E-state index is 7.50. The second-order valence-electron chi connectivity index (χ2n) is 22.7. The van der Waals surface area contributed by atoms with Crippen molar-refractivity contribution in [3.8, 4) is 0 Å². The van der Waals surface area contributed by atoms with Gasteiger partial charge in [-0.3, -0.25) is 4.79 Å². The van der Waals surface area contributed by atoms with E-state index in [-0.39, 0.29) is 19.5 Å². The zero-order chi connectivity index (χ0) is 60.1. The second-order valence-corrected chi connectivity index (χ2v) is 41.3. The van der Waals surface area contributed by atoms with Gasteiger partial charge in [0.25, 0.3) is 6.79 Å². The molecule has 11 heteroatoms. The Morgan fingerprint density at radius 3 is 0.476 bits per heavy atom. The van der Waals surface area contributed by atoms with Gasteiger partial charge in [0.1, 0.15) is 0 Å². The van der Waals surface area contributed by atoms with Gasteiger partial charge in [-0.25, -0.2) is 0 Å². The van der Waals surface area contributed by atoms with Gasteiger partial charge in [-0.05, 0) is 54.4 Å². The van der Waals surface area contributed by atoms with Crippen LogP contribution < -0.4 is 31.8 Å². The molecule has 3 radical (unpaired) electrons. The van der Waals surface area contributed by atoms with Crippen LogP contribution in [0.4, 0.5) is 0 Å². The van der Waals surface area contributed by atoms with E-state index in [9.17, 15) is 0 Å². The molecule has 0 fully saturated rings. The third-order valence-electron chi connectivity index (χ3n) is 15.7. The van der Waals surface area contributed by atoms with Gasteiger partial charge >= 0.3 is 19.5 Å². The fourth-order valence-corrected chi connectivity index (χ4v) is 36.0. The summed E-state index contributed by atoms with van der Waals surface area (Å²) in [5.41, 5.74) is 0. The number of rotatable bonds is 39. The average molecular weight is 1330 g/mol. The fraction of sp³-hybridized carbons (Fsp3) is 0.493. The van der Waals surface area contributed by atoms with Crippen LogP contribution in [-0.2, 0) is 36.9 Å². The number of hydrogen-bond acceptors (Lipinski definition) is 4. The summed E-state index contributed by atoms with van der Waals surface area (Å²) in [6.45, 7) is 25.3. The van der Waals surface area contributed by atoms with E-state index in [4.69, 9.17) is 17.4 Å². The Labute approximate surface area is 535 Å². The third-order valence-corrected chi connectivity index (χ3v) is 38.5. The second kappa shape index (κ2) is 48.4. The molecule has 0 atom stereocenters. The maximum atomic E-state index is 7.50. The molecular formula is C73H112O4P3RhSi3. The Balaban J connectivity index is 0.000000421. The molecule has 0 aliphatic heterocycles. The molecule has 0 unspecified atom stereocenters. The Morgan fingerprint density at radius 1 is 0.250 bits per heavy atom. The molecule has 0 amide bonds. The number of carbonyl (C=O) groups excluding carboxylic acids is 1. The van der Waals surface area contributed by atoms with Crippen LogP contribution in [0.5, 0.6) is 0 Å². The Hall–Kier alpha value is -2.57. The minimum absolute atomic E-state index is 0. The van der Waals surface area contributed by atoms with E-state index in [1.165, 1.54) is 202 Å². The quantitative estimate of drug-likeness (QED) is 0.0285. The predicted molar refractivity (Wildman–Crippen MR) is 382 cm³/mol. The van der Waals surface area contributed by atoms with E-state index in [2.05, 4.69) is 251 Å². The molecule has 0 bridgehead atoms. The van der Waals surface area contributed by atoms with Crippen LogP contribution in [-0.4, -0.2) is 31.7 Å². The van der Waals surface area contributed by atoms with Gasteiger partial charge in [0, 0.05) is 31.8 Å². The predicted octanol–water partition coefficient (Wildman–Crippen LogP) is 21.5. The first-order chi connectivity index (χ1) is 40.7. The standard InChI is InChI=1S/3C24H37OPSi.CO.Rh.H/c3*1-4-7-20-27(21-8-5-2,22-9-6-3)25-26(23-16-12-10-13-17-23)24-18-14-11-15-19-24;1-2;;/h3*10-19H,4-9,20-22H2,1-3H3;;;. The van der Waals surface area contributed by atoms with Crippen molar-refractivity contribution in [1.29, 1.82) is 0 Å². The van der Waals surface area contributed by atoms with Crippen LogP contribution >= 0.6 is 24.4 Å². The van der Waals surface area contributed by atoms with Crippen LogP contribution in [0.25, 0.3) is 0 Å². The first-order valence-electron chi connectivity index (χ1n) is 32.7. The minimum atomic E-state index is -1.76. The summed E-state index contributed by atoms with van der Waals surface area (Å²) >= 11 is 0. The van der Waals surface area contributed by atoms with Crippen molar-refractivity contribution in [1.82, 2.24) is 0 Å². The summed E-state index contributed by atoms with van der Waals surface area (Å²) in [7, 11) is -7.46. The summed E-state index contributed by atoms with van der Waals surface area (Å²) in [5, 5.41) is 8.17. The normalized spacial score (nSPS) is 11.5. The number of unbranched alkanes of at least 4 members (excludes halogenated alkanes) is 9. The third kappa shape index (κ3) is 29.2. The van der Waals surface area contributed by atoms with Gasteiger partial charge in [0.2, 0.25) is 0 Å². The van der Waals surface area contributed by atoms with Crippen LogP contribution in [0.1, 0.15) is 178 Å². The molecule has 4 nitrogen and oxygen atoms in total. The van der Waals surface area contributed by atoms with Crippen molar-refractivity contribution in [3.63, 3.8) is 0 Å². The fourth-order valence-electron chi connectivity index (χ4n) is 10.8. The summed E-state index contributed by atoms with van der Waals surface area (Å²) < 4.78 is 22.0. The molecule has 6 aromatic rings. The molecule has 0 saturated carbocycles. The van der Waals surface area contributed by atoms with Crippen LogP contribution in [0, 0.1) is 0 Å². The molecule has 0 heterocycles. The van der Waals surface area contributed by atoms with Crippen LogP contribution in [0.3, 0.4) is 0 Å². The monoisotopic (exact) mass is 1330 g/mol. The summed E-state index contributed by atoms with van der Waals surface area (Å²) in [6.07, 6.45) is 23.2. The van der Waals surface area contributed by atoms with Crippen molar-refractivity contribution >= 4 is 88.0 Å². The van der Waals surface area contributed by atoms with Crippen molar-refractivity contribution in [2.75, 3.05) is 0 Å². The van der Waals surface area contributed by atoms with Gasteiger partial charge in [-0.15, -0.1) is 0 Å². The van der Waals surface area contributed by atoms with Crippen molar-refractivity contribution in [2.45, 2.75) is 232 Å². The molecule has 0 aliphatic rings. The van der Waals surface area contributed by atoms with Crippen molar-refractivity contribution in [2.24, 2.45) is 0 Å². The van der Waals surface area contributed by atoms with Crippen LogP contribution in [0.15, 0.2) is 182 Å². The van der Waals surface area contributed by atoms with E-state index in [1.54, 1.807) is 0 Å². The van der Waals surface area contributed by atoms with Gasteiger partial charge in [0.05, 0.1) is 24.4 Å². The van der Waals surface area contributed by atoms with E-state index in [0.29, 0.717) is 0 Å². The molecular weight excluding hydrogens is 1220 g/mol. The zero-order valence-electron chi connectivity index (χ0n) is 53.7. The molecule has 0 saturated heterocycles. The van der Waals surface area contributed by atoms with Gasteiger partial charge in [-0.1, -0.05) is 360 Å². The van der Waals surface area contributed by atoms with Gasteiger partial charge in [-0.2, -0.15) is 0 Å². The zero-order valence-corrected chi connectivity index (χ0v) is 61.2. The molecule has 464 valence electrons. The molecule has 0 aliphatic carbocycles. The number of benzene rings is 6. The Morgan fingerprint density at radius 2 is 0.369 bits per heavy atom. The van der Waals surface area contributed by atoms with E-state index in [0.717, 1.165) is 0 Å². The van der Waals surface area contributed by atoms with Crippen LogP contribution in [0.2, 0.25) is 54.4 Å². The molecule has 6 aromatic carbocycles. The van der Waals surface area contributed by atoms with Gasteiger partial charge < -0.3 is 12.6 Å². The van der Waals surface area contributed by atoms with E-state index < -0.39 is 49.4 Å². The molecule has 0 spiro atoms. The van der Waals surface area contributed by atoms with E-state index >= 15 is 0 Å². The first kappa shape index (κ1) is 77.5. The molecule has 0 N–H and O–H groups in total. The SMILES string of the molecule is CCCC[Si](CCCC)(CCCC)OP(c1ccccc1)c1ccccc1.CCCC[Si](CCCC)(CCCC)OP(c1ccccc1)c1ccccc1.CCCC[Si](CCCC)(CCCC)OP(c1ccccc1)c1ccccc1.[C]=O.[RhH]. The molecule has 84 heavy (non-hydrogen) atoms. The van der Waals surface area contributed by atoms with Crippen molar-refractivity contribution in [3.05, 3.63) is 182 Å². The average Bonchev–Trinajstić information content (AvgIpc) is 3.61. The van der Waals surface area contributed by atoms with Crippen molar-refractivity contribution < 1.29 is 36.9 Å². The number of hydrogen-bond donors (Lipinski definition) is 0. The summed E-state index contributed by atoms with van der Waals surface area (Å²) in [6, 6.07) is 77.6. The summed E-state index contributed by atoms with van der Waals surface area (Å²) in [5.74, 6) is 0. The Kier molecular flexibility index (Phi) is 44.6. The molecule has 6 rings (SSSR count). The Bertz CT molecular complexity index is 1970. The van der Waals surface area contributed by atoms with Gasteiger partial charge in [0.15, 0.2) is 25.0 Å².